The molecule has 0 bridgehead atoms. The van der Waals surface area contributed by atoms with Crippen molar-refractivity contribution in [3.05, 3.63) is 28.8 Å². The molecule has 0 N–H and O–H groups in total. The predicted molar refractivity (Wildman–Crippen MR) is 56.0 cm³/mol. The Morgan fingerprint density at radius 2 is 2.23 bits per heavy atom. The quantitative estimate of drug-likeness (QED) is 0.589. The third-order valence-corrected chi connectivity index (χ3v) is 3.57. The first-order valence-corrected chi connectivity index (χ1v) is 5.35. The maximum atomic E-state index is 12.9. The van der Waals surface area contributed by atoms with Gasteiger partial charge in [-0.25, -0.2) is 9.37 Å². The van der Waals surface area contributed by atoms with Crippen LogP contribution in [0.1, 0.15) is 19.4 Å². The average molecular weight is 267 g/mol. The summed E-state index contributed by atoms with van der Waals surface area (Å²) in [6.45, 7) is 3.95. The van der Waals surface area contributed by atoms with Gasteiger partial charge in [0.15, 0.2) is 0 Å². The Hall–Kier alpha value is -0.150. The van der Waals surface area contributed by atoms with Gasteiger partial charge >= 0.3 is 0 Å². The lowest BCUT2D eigenvalue weighted by atomic mass is 9.88. The van der Waals surface area contributed by atoms with Crippen molar-refractivity contribution >= 4 is 27.5 Å². The maximum Gasteiger partial charge on any atom is 0.141 e. The van der Waals surface area contributed by atoms with E-state index in [-0.39, 0.29) is 11.2 Å². The van der Waals surface area contributed by atoms with E-state index in [4.69, 9.17) is 11.6 Å². The molecule has 0 atom stereocenters. The van der Waals surface area contributed by atoms with Crippen LogP contribution in [0.2, 0.25) is 5.15 Å². The largest absolute Gasteiger partial charge is 0.241 e. The van der Waals surface area contributed by atoms with Crippen molar-refractivity contribution in [1.29, 1.82) is 0 Å². The van der Waals surface area contributed by atoms with E-state index < -0.39 is 0 Å². The average Bonchev–Trinajstić information content (AvgIpc) is 2.09. The minimum absolute atomic E-state index is 0.202. The Kier molecular flexibility index (Phi) is 3.30. The Labute approximate surface area is 90.4 Å². The molecule has 1 heterocycles. The van der Waals surface area contributed by atoms with Crippen molar-refractivity contribution < 1.29 is 4.39 Å². The number of aromatic nitrogens is 1. The minimum atomic E-state index is -0.353. The van der Waals surface area contributed by atoms with Crippen LogP contribution in [0.4, 0.5) is 4.39 Å². The lowest BCUT2D eigenvalue weighted by Gasteiger charge is -2.22. The SMILES string of the molecule is CC(C)(CBr)c1cc(F)cnc1Cl. The highest BCUT2D eigenvalue weighted by Crippen LogP contribution is 2.30. The topological polar surface area (TPSA) is 12.9 Å². The summed E-state index contributed by atoms with van der Waals surface area (Å²) < 4.78 is 12.9. The van der Waals surface area contributed by atoms with Crippen LogP contribution in [0.3, 0.4) is 0 Å². The molecular weight excluding hydrogens is 256 g/mol. The van der Waals surface area contributed by atoms with E-state index >= 15 is 0 Å². The van der Waals surface area contributed by atoms with Crippen LogP contribution in [-0.2, 0) is 5.41 Å². The first kappa shape index (κ1) is 10.9. The van der Waals surface area contributed by atoms with Gasteiger partial charge in [-0.3, -0.25) is 0 Å². The predicted octanol–water partition coefficient (Wildman–Crippen LogP) is 3.55. The molecule has 1 aromatic rings. The number of pyridine rings is 1. The highest BCUT2D eigenvalue weighted by atomic mass is 79.9. The van der Waals surface area contributed by atoms with Crippen molar-refractivity contribution in [2.24, 2.45) is 0 Å². The lowest BCUT2D eigenvalue weighted by molar-refractivity contribution is 0.576. The van der Waals surface area contributed by atoms with Gasteiger partial charge in [-0.05, 0) is 11.6 Å². The summed E-state index contributed by atoms with van der Waals surface area (Å²) in [6.07, 6.45) is 1.12. The van der Waals surface area contributed by atoms with E-state index in [2.05, 4.69) is 20.9 Å². The summed E-state index contributed by atoms with van der Waals surface area (Å²) in [5, 5.41) is 1.08. The molecule has 0 saturated heterocycles. The Bertz CT molecular complexity index is 314. The Morgan fingerprint density at radius 1 is 1.62 bits per heavy atom. The molecule has 0 amide bonds. The molecule has 0 aliphatic rings. The number of rotatable bonds is 2. The van der Waals surface area contributed by atoms with E-state index in [0.29, 0.717) is 10.5 Å². The van der Waals surface area contributed by atoms with Crippen LogP contribution >= 0.6 is 27.5 Å². The normalized spacial score (nSPS) is 11.8. The molecule has 0 aliphatic heterocycles. The van der Waals surface area contributed by atoms with Gasteiger partial charge in [-0.1, -0.05) is 41.4 Å². The third-order valence-electron chi connectivity index (χ3n) is 1.87. The molecule has 0 spiro atoms. The fraction of sp³-hybridized carbons (Fsp3) is 0.444. The zero-order chi connectivity index (χ0) is 10.1. The molecular formula is C9H10BrClFN. The fourth-order valence-electron chi connectivity index (χ4n) is 0.969. The van der Waals surface area contributed by atoms with Crippen LogP contribution in [0.15, 0.2) is 12.3 Å². The summed E-state index contributed by atoms with van der Waals surface area (Å²) >= 11 is 9.22. The summed E-state index contributed by atoms with van der Waals surface area (Å²) in [5.41, 5.74) is 0.526. The second kappa shape index (κ2) is 3.93. The molecule has 1 nitrogen and oxygen atoms in total. The highest BCUT2D eigenvalue weighted by molar-refractivity contribution is 9.09. The summed E-state index contributed by atoms with van der Waals surface area (Å²) in [5.74, 6) is -0.353. The van der Waals surface area contributed by atoms with E-state index in [1.165, 1.54) is 6.07 Å². The second-order valence-corrected chi connectivity index (χ2v) is 4.43. The molecule has 0 radical (unpaired) electrons. The molecule has 4 heteroatoms. The van der Waals surface area contributed by atoms with Crippen LogP contribution in [0.5, 0.6) is 0 Å². The van der Waals surface area contributed by atoms with Gasteiger partial charge in [-0.15, -0.1) is 0 Å². The van der Waals surface area contributed by atoms with Gasteiger partial charge in [-0.2, -0.15) is 0 Å². The summed E-state index contributed by atoms with van der Waals surface area (Å²) in [7, 11) is 0. The Morgan fingerprint density at radius 3 is 2.77 bits per heavy atom. The molecule has 1 rings (SSSR count). The van der Waals surface area contributed by atoms with Crippen LogP contribution < -0.4 is 0 Å². The van der Waals surface area contributed by atoms with Gasteiger partial charge in [0.2, 0.25) is 0 Å². The van der Waals surface area contributed by atoms with Gasteiger partial charge in [0.1, 0.15) is 11.0 Å². The second-order valence-electron chi connectivity index (χ2n) is 3.51. The monoisotopic (exact) mass is 265 g/mol. The molecule has 13 heavy (non-hydrogen) atoms. The van der Waals surface area contributed by atoms with Crippen molar-refractivity contribution in [2.45, 2.75) is 19.3 Å². The van der Waals surface area contributed by atoms with E-state index in [1.807, 2.05) is 13.8 Å². The zero-order valence-corrected chi connectivity index (χ0v) is 9.78. The number of hydrogen-bond acceptors (Lipinski definition) is 1. The third kappa shape index (κ3) is 2.41. The van der Waals surface area contributed by atoms with Crippen molar-refractivity contribution in [1.82, 2.24) is 4.98 Å². The zero-order valence-electron chi connectivity index (χ0n) is 7.44. The van der Waals surface area contributed by atoms with Crippen LogP contribution in [0.25, 0.3) is 0 Å². The molecule has 0 aromatic carbocycles. The van der Waals surface area contributed by atoms with Crippen molar-refractivity contribution in [3.63, 3.8) is 0 Å². The first-order chi connectivity index (χ1) is 5.97. The molecule has 0 fully saturated rings. The molecule has 0 unspecified atom stereocenters. The van der Waals surface area contributed by atoms with Gasteiger partial charge < -0.3 is 0 Å². The Balaban J connectivity index is 3.20. The van der Waals surface area contributed by atoms with Crippen molar-refractivity contribution in [2.75, 3.05) is 5.33 Å². The minimum Gasteiger partial charge on any atom is -0.241 e. The maximum absolute atomic E-state index is 12.9. The molecule has 1 aromatic heterocycles. The number of alkyl halides is 1. The van der Waals surface area contributed by atoms with E-state index in [1.54, 1.807) is 0 Å². The smallest absolute Gasteiger partial charge is 0.141 e. The number of halogens is 3. The van der Waals surface area contributed by atoms with Gasteiger partial charge in [0.05, 0.1) is 6.20 Å². The number of hydrogen-bond donors (Lipinski definition) is 0. The first-order valence-electron chi connectivity index (χ1n) is 3.85. The van der Waals surface area contributed by atoms with Gasteiger partial charge in [0.25, 0.3) is 0 Å². The van der Waals surface area contributed by atoms with Crippen LogP contribution in [-0.4, -0.2) is 10.3 Å². The van der Waals surface area contributed by atoms with Crippen LogP contribution in [0, 0.1) is 5.82 Å². The standard InChI is InChI=1S/C9H10BrClFN/c1-9(2,5-10)7-3-6(12)4-13-8(7)11/h3-4H,5H2,1-2H3. The highest BCUT2D eigenvalue weighted by Gasteiger charge is 2.23. The fourth-order valence-corrected chi connectivity index (χ4v) is 1.63. The molecule has 0 saturated carbocycles. The number of nitrogens with zero attached hydrogens (tertiary/aromatic N) is 1. The van der Waals surface area contributed by atoms with E-state index in [9.17, 15) is 4.39 Å². The lowest BCUT2D eigenvalue weighted by Crippen LogP contribution is -2.20. The van der Waals surface area contributed by atoms with Gasteiger partial charge in [0, 0.05) is 10.7 Å². The van der Waals surface area contributed by atoms with Crippen molar-refractivity contribution in [3.8, 4) is 0 Å². The summed E-state index contributed by atoms with van der Waals surface area (Å²) in [4.78, 5) is 3.76. The molecule has 72 valence electrons. The summed E-state index contributed by atoms with van der Waals surface area (Å²) in [6, 6.07) is 1.43. The molecule has 0 aliphatic carbocycles. The van der Waals surface area contributed by atoms with E-state index in [0.717, 1.165) is 11.8 Å².